The van der Waals surface area contributed by atoms with Crippen molar-refractivity contribution >= 4 is 5.97 Å². The van der Waals surface area contributed by atoms with Crippen LogP contribution in [0.2, 0.25) is 0 Å². The van der Waals surface area contributed by atoms with Crippen LogP contribution in [-0.4, -0.2) is 27.7 Å². The van der Waals surface area contributed by atoms with Gasteiger partial charge in [-0.1, -0.05) is 13.3 Å². The predicted octanol–water partition coefficient (Wildman–Crippen LogP) is 2.55. The van der Waals surface area contributed by atoms with Crippen molar-refractivity contribution in [1.82, 2.24) is 9.97 Å². The van der Waals surface area contributed by atoms with E-state index in [2.05, 4.69) is 16.9 Å². The number of nitrogens with zero attached hydrogens (tertiary/aromatic N) is 1. The summed E-state index contributed by atoms with van der Waals surface area (Å²) < 4.78 is 5.93. The van der Waals surface area contributed by atoms with Gasteiger partial charge >= 0.3 is 5.97 Å². The molecule has 1 fully saturated rings. The lowest BCUT2D eigenvalue weighted by Gasteiger charge is -2.38. The molecule has 2 atom stereocenters. The van der Waals surface area contributed by atoms with Gasteiger partial charge in [0.15, 0.2) is 0 Å². The van der Waals surface area contributed by atoms with Gasteiger partial charge in [0, 0.05) is 6.61 Å². The van der Waals surface area contributed by atoms with E-state index in [-0.39, 0.29) is 5.69 Å². The Bertz CT molecular complexity index is 426. The highest BCUT2D eigenvalue weighted by Gasteiger charge is 2.40. The molecule has 1 aromatic heterocycles. The molecule has 100 valence electrons. The van der Waals surface area contributed by atoms with Gasteiger partial charge < -0.3 is 14.8 Å². The molecule has 1 saturated carbocycles. The first-order valence-electron chi connectivity index (χ1n) is 6.50. The molecule has 0 aliphatic heterocycles. The number of nitrogens with one attached hydrogen (secondary N) is 1. The minimum Gasteiger partial charge on any atom is -0.477 e. The van der Waals surface area contributed by atoms with E-state index in [4.69, 9.17) is 9.84 Å². The van der Waals surface area contributed by atoms with Gasteiger partial charge in [-0.3, -0.25) is 0 Å². The third-order valence-electron chi connectivity index (χ3n) is 3.61. The molecular formula is C13H20N2O3. The number of aromatic amines is 1. The number of carboxylic acid groups (broad SMARTS) is 1. The second-order valence-electron chi connectivity index (χ2n) is 5.08. The highest BCUT2D eigenvalue weighted by Crippen LogP contribution is 2.41. The van der Waals surface area contributed by atoms with E-state index in [0.29, 0.717) is 18.3 Å². The van der Waals surface area contributed by atoms with E-state index in [1.807, 2.05) is 6.92 Å². The second-order valence-corrected chi connectivity index (χ2v) is 5.08. The summed E-state index contributed by atoms with van der Waals surface area (Å²) in [5.41, 5.74) is -0.303. The quantitative estimate of drug-likeness (QED) is 0.863. The molecule has 0 spiro atoms. The number of H-pyrrole nitrogens is 1. The van der Waals surface area contributed by atoms with Gasteiger partial charge in [-0.25, -0.2) is 9.78 Å². The SMILES string of the molecule is CCOC1(c2ncc(C(=O)O)[nH]2)CCCC(C)C1. The van der Waals surface area contributed by atoms with Crippen LogP contribution in [0.3, 0.4) is 0 Å². The van der Waals surface area contributed by atoms with E-state index < -0.39 is 11.6 Å². The number of carbonyl (C=O) groups is 1. The van der Waals surface area contributed by atoms with Gasteiger partial charge in [0.2, 0.25) is 0 Å². The van der Waals surface area contributed by atoms with Gasteiger partial charge in [0.25, 0.3) is 0 Å². The maximum absolute atomic E-state index is 10.9. The van der Waals surface area contributed by atoms with Crippen molar-refractivity contribution in [3.63, 3.8) is 0 Å². The Kier molecular flexibility index (Phi) is 3.71. The van der Waals surface area contributed by atoms with Crippen molar-refractivity contribution in [2.75, 3.05) is 6.61 Å². The Hall–Kier alpha value is -1.36. The Morgan fingerprint density at radius 3 is 3.06 bits per heavy atom. The van der Waals surface area contributed by atoms with Crippen LogP contribution in [0.15, 0.2) is 6.20 Å². The van der Waals surface area contributed by atoms with Crippen LogP contribution in [0.25, 0.3) is 0 Å². The summed E-state index contributed by atoms with van der Waals surface area (Å²) in [6, 6.07) is 0. The zero-order valence-corrected chi connectivity index (χ0v) is 10.9. The largest absolute Gasteiger partial charge is 0.477 e. The van der Waals surface area contributed by atoms with Crippen LogP contribution in [-0.2, 0) is 10.3 Å². The third-order valence-corrected chi connectivity index (χ3v) is 3.61. The van der Waals surface area contributed by atoms with Gasteiger partial charge in [0.1, 0.15) is 17.1 Å². The van der Waals surface area contributed by atoms with E-state index in [1.54, 1.807) is 0 Å². The van der Waals surface area contributed by atoms with Crippen molar-refractivity contribution in [2.45, 2.75) is 45.1 Å². The summed E-state index contributed by atoms with van der Waals surface area (Å²) in [5.74, 6) is 0.251. The smallest absolute Gasteiger partial charge is 0.353 e. The summed E-state index contributed by atoms with van der Waals surface area (Å²) in [4.78, 5) is 18.0. The van der Waals surface area contributed by atoms with Crippen LogP contribution >= 0.6 is 0 Å². The fourth-order valence-corrected chi connectivity index (χ4v) is 2.86. The number of rotatable bonds is 4. The Labute approximate surface area is 107 Å². The molecule has 1 aliphatic rings. The number of carboxylic acids is 1. The zero-order chi connectivity index (χ0) is 13.2. The molecule has 18 heavy (non-hydrogen) atoms. The molecule has 5 nitrogen and oxygen atoms in total. The molecule has 0 amide bonds. The molecule has 1 aliphatic carbocycles. The van der Waals surface area contributed by atoms with Crippen molar-refractivity contribution in [2.24, 2.45) is 5.92 Å². The second kappa shape index (κ2) is 5.10. The van der Waals surface area contributed by atoms with Crippen molar-refractivity contribution in [3.05, 3.63) is 17.7 Å². The first-order chi connectivity index (χ1) is 8.57. The lowest BCUT2D eigenvalue weighted by atomic mass is 9.78. The number of ether oxygens (including phenoxy) is 1. The zero-order valence-electron chi connectivity index (χ0n) is 10.9. The molecular weight excluding hydrogens is 232 g/mol. The first kappa shape index (κ1) is 13.1. The molecule has 2 rings (SSSR count). The predicted molar refractivity (Wildman–Crippen MR) is 66.5 cm³/mol. The summed E-state index contributed by atoms with van der Waals surface area (Å²) in [5, 5.41) is 8.95. The van der Waals surface area contributed by atoms with Crippen LogP contribution in [0.5, 0.6) is 0 Å². The maximum Gasteiger partial charge on any atom is 0.353 e. The standard InChI is InChI=1S/C13H20N2O3/c1-3-18-13(6-4-5-9(2)7-13)12-14-8-10(15-12)11(16)17/h8-9H,3-7H2,1-2H3,(H,14,15)(H,16,17). The summed E-state index contributed by atoms with van der Waals surface area (Å²) >= 11 is 0. The number of imidazole rings is 1. The van der Waals surface area contributed by atoms with E-state index in [9.17, 15) is 4.79 Å². The van der Waals surface area contributed by atoms with Crippen LogP contribution in [0, 0.1) is 5.92 Å². The van der Waals surface area contributed by atoms with Crippen molar-refractivity contribution in [3.8, 4) is 0 Å². The molecule has 2 N–H and O–H groups in total. The minimum atomic E-state index is -0.982. The van der Waals surface area contributed by atoms with Crippen LogP contribution in [0.4, 0.5) is 0 Å². The lowest BCUT2D eigenvalue weighted by Crippen LogP contribution is -2.36. The molecule has 1 heterocycles. The Balaban J connectivity index is 2.30. The number of hydrogen-bond acceptors (Lipinski definition) is 3. The molecule has 0 bridgehead atoms. The molecule has 1 aromatic rings. The van der Waals surface area contributed by atoms with Gasteiger partial charge in [-0.15, -0.1) is 0 Å². The van der Waals surface area contributed by atoms with Crippen LogP contribution < -0.4 is 0 Å². The number of aromatic nitrogens is 2. The van der Waals surface area contributed by atoms with E-state index in [1.165, 1.54) is 12.6 Å². The highest BCUT2D eigenvalue weighted by atomic mass is 16.5. The van der Waals surface area contributed by atoms with Gasteiger partial charge in [-0.05, 0) is 32.1 Å². The minimum absolute atomic E-state index is 0.127. The lowest BCUT2D eigenvalue weighted by molar-refractivity contribution is -0.0876. The topological polar surface area (TPSA) is 75.2 Å². The number of aromatic carboxylic acids is 1. The third kappa shape index (κ3) is 2.41. The fourth-order valence-electron chi connectivity index (χ4n) is 2.86. The average Bonchev–Trinajstić information content (AvgIpc) is 2.79. The Morgan fingerprint density at radius 2 is 2.50 bits per heavy atom. The molecule has 0 saturated heterocycles. The average molecular weight is 252 g/mol. The molecule has 5 heteroatoms. The highest BCUT2D eigenvalue weighted by molar-refractivity contribution is 5.85. The molecule has 0 aromatic carbocycles. The summed E-state index contributed by atoms with van der Waals surface area (Å²) in [7, 11) is 0. The van der Waals surface area contributed by atoms with Gasteiger partial charge in [-0.2, -0.15) is 0 Å². The summed E-state index contributed by atoms with van der Waals surface area (Å²) in [6.07, 6.45) is 5.45. The monoisotopic (exact) mass is 252 g/mol. The maximum atomic E-state index is 10.9. The van der Waals surface area contributed by atoms with Crippen molar-refractivity contribution in [1.29, 1.82) is 0 Å². The van der Waals surface area contributed by atoms with E-state index in [0.717, 1.165) is 19.3 Å². The molecule has 2 unspecified atom stereocenters. The molecule has 0 radical (unpaired) electrons. The first-order valence-corrected chi connectivity index (χ1v) is 6.50. The van der Waals surface area contributed by atoms with Crippen LogP contribution in [0.1, 0.15) is 55.8 Å². The van der Waals surface area contributed by atoms with E-state index >= 15 is 0 Å². The normalized spacial score (nSPS) is 28.2. The summed E-state index contributed by atoms with van der Waals surface area (Å²) in [6.45, 7) is 4.77. The van der Waals surface area contributed by atoms with Crippen molar-refractivity contribution < 1.29 is 14.6 Å². The van der Waals surface area contributed by atoms with Gasteiger partial charge in [0.05, 0.1) is 6.20 Å². The Morgan fingerprint density at radius 1 is 1.72 bits per heavy atom. The number of hydrogen-bond donors (Lipinski definition) is 2. The fraction of sp³-hybridized carbons (Fsp3) is 0.692.